The number of aromatic nitrogens is 6. The molecule has 142 valence electrons. The third kappa shape index (κ3) is 2.85. The maximum atomic E-state index is 13.3. The maximum absolute atomic E-state index is 13.3. The SMILES string of the molecule is Cc1nn2c(nnc3c(=O)n(Cc4ccccn4)ccc32)c1-c1ccc(F)cc1. The number of hydrogen-bond acceptors (Lipinski definition) is 5. The van der Waals surface area contributed by atoms with Gasteiger partial charge in [-0.1, -0.05) is 18.2 Å². The van der Waals surface area contributed by atoms with E-state index in [4.69, 9.17) is 0 Å². The van der Waals surface area contributed by atoms with E-state index in [2.05, 4.69) is 20.3 Å². The van der Waals surface area contributed by atoms with Gasteiger partial charge in [-0.3, -0.25) is 9.78 Å². The first-order valence-electron chi connectivity index (χ1n) is 9.03. The van der Waals surface area contributed by atoms with Crippen LogP contribution in [-0.2, 0) is 6.54 Å². The van der Waals surface area contributed by atoms with Gasteiger partial charge in [0.05, 0.1) is 23.5 Å². The highest BCUT2D eigenvalue weighted by Gasteiger charge is 2.17. The van der Waals surface area contributed by atoms with Crippen LogP contribution in [-0.4, -0.2) is 29.4 Å². The average molecular weight is 386 g/mol. The standard InChI is InChI=1S/C21H15FN6O/c1-13-18(14-5-7-15(22)8-6-14)20-25-24-19-17(28(20)26-13)9-11-27(21(19)29)12-16-4-2-3-10-23-16/h2-11H,12H2,1H3. The molecule has 0 amide bonds. The van der Waals surface area contributed by atoms with E-state index in [1.165, 1.54) is 12.1 Å². The molecule has 0 N–H and O–H groups in total. The Bertz CT molecular complexity index is 1410. The number of fused-ring (bicyclic) bond motifs is 3. The van der Waals surface area contributed by atoms with Crippen LogP contribution in [0.1, 0.15) is 11.4 Å². The quantitative estimate of drug-likeness (QED) is 0.476. The Hall–Kier alpha value is -3.94. The van der Waals surface area contributed by atoms with Gasteiger partial charge in [0, 0.05) is 12.4 Å². The minimum Gasteiger partial charge on any atom is -0.307 e. The van der Waals surface area contributed by atoms with Crippen LogP contribution in [0.3, 0.4) is 0 Å². The molecule has 7 nitrogen and oxygen atoms in total. The predicted molar refractivity (Wildman–Crippen MR) is 106 cm³/mol. The van der Waals surface area contributed by atoms with Gasteiger partial charge in [-0.2, -0.15) is 5.10 Å². The Morgan fingerprint density at radius 3 is 2.62 bits per heavy atom. The lowest BCUT2D eigenvalue weighted by Crippen LogP contribution is -2.22. The lowest BCUT2D eigenvalue weighted by molar-refractivity contribution is 0.628. The molecular weight excluding hydrogens is 371 g/mol. The maximum Gasteiger partial charge on any atom is 0.280 e. The number of rotatable bonds is 3. The van der Waals surface area contributed by atoms with Crippen LogP contribution < -0.4 is 5.56 Å². The molecule has 0 spiro atoms. The Morgan fingerprint density at radius 1 is 1.03 bits per heavy atom. The number of hydrogen-bond donors (Lipinski definition) is 0. The van der Waals surface area contributed by atoms with Crippen molar-refractivity contribution in [3.63, 3.8) is 0 Å². The molecular formula is C21H15FN6O. The summed E-state index contributed by atoms with van der Waals surface area (Å²) in [4.78, 5) is 17.2. The van der Waals surface area contributed by atoms with Crippen molar-refractivity contribution < 1.29 is 4.39 Å². The molecule has 4 aromatic heterocycles. The van der Waals surface area contributed by atoms with Crippen molar-refractivity contribution in [1.82, 2.24) is 29.4 Å². The summed E-state index contributed by atoms with van der Waals surface area (Å²) in [6.07, 6.45) is 3.39. The normalized spacial score (nSPS) is 11.4. The third-order valence-corrected chi connectivity index (χ3v) is 4.82. The van der Waals surface area contributed by atoms with Gasteiger partial charge in [0.1, 0.15) is 11.3 Å². The smallest absolute Gasteiger partial charge is 0.280 e. The Morgan fingerprint density at radius 2 is 1.86 bits per heavy atom. The Labute approximate surface area is 164 Å². The molecule has 5 rings (SSSR count). The Kier molecular flexibility index (Phi) is 3.90. The zero-order chi connectivity index (χ0) is 20.0. The van der Waals surface area contributed by atoms with Gasteiger partial charge in [-0.05, 0) is 42.8 Å². The van der Waals surface area contributed by atoms with Gasteiger partial charge < -0.3 is 4.57 Å². The predicted octanol–water partition coefficient (Wildman–Crippen LogP) is 3.00. The van der Waals surface area contributed by atoms with Crippen molar-refractivity contribution in [1.29, 1.82) is 0 Å². The molecule has 0 saturated heterocycles. The molecule has 0 unspecified atom stereocenters. The summed E-state index contributed by atoms with van der Waals surface area (Å²) >= 11 is 0. The lowest BCUT2D eigenvalue weighted by Gasteiger charge is -2.07. The fraction of sp³-hybridized carbons (Fsp3) is 0.0952. The molecule has 0 saturated carbocycles. The van der Waals surface area contributed by atoms with E-state index in [1.54, 1.807) is 39.7 Å². The third-order valence-electron chi connectivity index (χ3n) is 4.82. The van der Waals surface area contributed by atoms with E-state index in [1.807, 2.05) is 25.1 Å². The molecule has 0 bridgehead atoms. The van der Waals surface area contributed by atoms with Gasteiger partial charge in [-0.15, -0.1) is 10.2 Å². The number of pyridine rings is 2. The Balaban J connectivity index is 1.68. The first-order chi connectivity index (χ1) is 14.1. The first-order valence-corrected chi connectivity index (χ1v) is 9.03. The molecule has 29 heavy (non-hydrogen) atoms. The molecule has 0 aliphatic carbocycles. The second-order valence-corrected chi connectivity index (χ2v) is 6.71. The van der Waals surface area contributed by atoms with Crippen molar-refractivity contribution in [3.05, 3.63) is 88.5 Å². The van der Waals surface area contributed by atoms with Crippen molar-refractivity contribution in [2.45, 2.75) is 13.5 Å². The van der Waals surface area contributed by atoms with E-state index >= 15 is 0 Å². The summed E-state index contributed by atoms with van der Waals surface area (Å²) in [5.74, 6) is -0.312. The van der Waals surface area contributed by atoms with E-state index in [0.29, 0.717) is 17.7 Å². The highest BCUT2D eigenvalue weighted by atomic mass is 19.1. The van der Waals surface area contributed by atoms with E-state index in [9.17, 15) is 9.18 Å². The average Bonchev–Trinajstić information content (AvgIpc) is 3.08. The fourth-order valence-electron chi connectivity index (χ4n) is 3.44. The molecule has 8 heteroatoms. The highest BCUT2D eigenvalue weighted by Crippen LogP contribution is 2.28. The van der Waals surface area contributed by atoms with Crippen LogP contribution in [0.2, 0.25) is 0 Å². The summed E-state index contributed by atoms with van der Waals surface area (Å²) in [6, 6.07) is 13.5. The van der Waals surface area contributed by atoms with E-state index < -0.39 is 0 Å². The molecule has 4 heterocycles. The van der Waals surface area contributed by atoms with Crippen molar-refractivity contribution in [3.8, 4) is 11.1 Å². The molecule has 0 fully saturated rings. The number of benzene rings is 1. The van der Waals surface area contributed by atoms with Crippen LogP contribution in [0.5, 0.6) is 0 Å². The zero-order valence-electron chi connectivity index (χ0n) is 15.5. The van der Waals surface area contributed by atoms with Gasteiger partial charge >= 0.3 is 0 Å². The van der Waals surface area contributed by atoms with Crippen LogP contribution in [0.25, 0.3) is 27.8 Å². The molecule has 0 aliphatic rings. The summed E-state index contributed by atoms with van der Waals surface area (Å²) in [5, 5.41) is 13.0. The van der Waals surface area contributed by atoms with Crippen LogP contribution in [0, 0.1) is 12.7 Å². The molecule has 5 aromatic rings. The van der Waals surface area contributed by atoms with Crippen LogP contribution >= 0.6 is 0 Å². The summed E-state index contributed by atoms with van der Waals surface area (Å²) in [5.41, 5.74) is 4.08. The van der Waals surface area contributed by atoms with E-state index in [-0.39, 0.29) is 16.9 Å². The number of nitrogens with zero attached hydrogens (tertiary/aromatic N) is 6. The van der Waals surface area contributed by atoms with Gasteiger partial charge in [0.2, 0.25) is 0 Å². The molecule has 0 aliphatic heterocycles. The van der Waals surface area contributed by atoms with Crippen molar-refractivity contribution >= 4 is 16.7 Å². The number of aryl methyl sites for hydroxylation is 1. The van der Waals surface area contributed by atoms with Gasteiger partial charge in [0.25, 0.3) is 5.56 Å². The largest absolute Gasteiger partial charge is 0.307 e. The summed E-state index contributed by atoms with van der Waals surface area (Å²) < 4.78 is 16.5. The first kappa shape index (κ1) is 17.2. The fourth-order valence-corrected chi connectivity index (χ4v) is 3.44. The minimum atomic E-state index is -0.312. The monoisotopic (exact) mass is 386 g/mol. The summed E-state index contributed by atoms with van der Waals surface area (Å²) in [7, 11) is 0. The molecule has 0 radical (unpaired) electrons. The molecule has 1 aromatic carbocycles. The highest BCUT2D eigenvalue weighted by molar-refractivity contribution is 5.84. The van der Waals surface area contributed by atoms with Crippen molar-refractivity contribution in [2.75, 3.05) is 0 Å². The second-order valence-electron chi connectivity index (χ2n) is 6.71. The zero-order valence-corrected chi connectivity index (χ0v) is 15.5. The second kappa shape index (κ2) is 6.59. The number of halogens is 1. The van der Waals surface area contributed by atoms with E-state index in [0.717, 1.165) is 22.5 Å². The summed E-state index contributed by atoms with van der Waals surface area (Å²) in [6.45, 7) is 2.19. The van der Waals surface area contributed by atoms with Crippen LogP contribution in [0.4, 0.5) is 4.39 Å². The minimum absolute atomic E-state index is 0.226. The van der Waals surface area contributed by atoms with Gasteiger partial charge in [-0.25, -0.2) is 8.91 Å². The van der Waals surface area contributed by atoms with Gasteiger partial charge in [0.15, 0.2) is 11.2 Å². The molecule has 0 atom stereocenters. The topological polar surface area (TPSA) is 78.0 Å². The lowest BCUT2D eigenvalue weighted by atomic mass is 10.1. The van der Waals surface area contributed by atoms with Crippen molar-refractivity contribution in [2.24, 2.45) is 0 Å². The van der Waals surface area contributed by atoms with Crippen LogP contribution in [0.15, 0.2) is 65.7 Å².